The highest BCUT2D eigenvalue weighted by atomic mass is 16.5. The molecule has 0 saturated heterocycles. The van der Waals surface area contributed by atoms with E-state index in [4.69, 9.17) is 10.5 Å². The van der Waals surface area contributed by atoms with Gasteiger partial charge in [0.05, 0.1) is 0 Å². The molecular weight excluding hydrogens is 328 g/mol. The Labute approximate surface area is 158 Å². The summed E-state index contributed by atoms with van der Waals surface area (Å²) in [5, 5.41) is 13.1. The van der Waals surface area contributed by atoms with Gasteiger partial charge in [-0.25, -0.2) is 0 Å². The topological polar surface area (TPSA) is 84.6 Å². The summed E-state index contributed by atoms with van der Waals surface area (Å²) in [5.41, 5.74) is 8.18. The minimum atomic E-state index is -0.697. The van der Waals surface area contributed by atoms with E-state index in [-0.39, 0.29) is 12.6 Å². The summed E-state index contributed by atoms with van der Waals surface area (Å²) in [4.78, 5) is 11.7. The van der Waals surface area contributed by atoms with Crippen LogP contribution in [0, 0.1) is 5.41 Å². The number of ether oxygens (including phenoxy) is 1. The number of benzene rings is 1. The van der Waals surface area contributed by atoms with Crippen molar-refractivity contribution in [1.82, 2.24) is 5.32 Å². The minimum absolute atomic E-state index is 0.0384. The number of carbonyl (C=O) groups is 1. The van der Waals surface area contributed by atoms with E-state index in [1.165, 1.54) is 6.42 Å². The lowest BCUT2D eigenvalue weighted by molar-refractivity contribution is -0.146. The van der Waals surface area contributed by atoms with Gasteiger partial charge in [-0.1, -0.05) is 57.9 Å². The largest absolute Gasteiger partial charge is 0.463 e. The Morgan fingerprint density at radius 2 is 1.96 bits per heavy atom. The molecule has 0 aliphatic heterocycles. The van der Waals surface area contributed by atoms with Crippen molar-refractivity contribution in [2.45, 2.75) is 72.1 Å². The van der Waals surface area contributed by atoms with Crippen molar-refractivity contribution in [2.24, 2.45) is 11.1 Å². The van der Waals surface area contributed by atoms with E-state index in [9.17, 15) is 9.90 Å². The van der Waals surface area contributed by atoms with Crippen molar-refractivity contribution in [2.75, 3.05) is 13.2 Å². The van der Waals surface area contributed by atoms with E-state index >= 15 is 0 Å². The number of rotatable bonds is 12. The number of unbranched alkanes of at least 4 members (excludes halogenated alkanes) is 2. The van der Waals surface area contributed by atoms with Gasteiger partial charge in [-0.05, 0) is 29.4 Å². The van der Waals surface area contributed by atoms with E-state index in [0.717, 1.165) is 30.4 Å². The number of esters is 1. The van der Waals surface area contributed by atoms with Crippen LogP contribution in [0.2, 0.25) is 0 Å². The second-order valence-corrected chi connectivity index (χ2v) is 8.11. The number of aliphatic hydroxyl groups is 1. The molecule has 1 atom stereocenters. The normalized spacial score (nSPS) is 12.8. The third kappa shape index (κ3) is 11.2. The smallest absolute Gasteiger partial charge is 0.305 e. The Bertz CT molecular complexity index is 526. The molecule has 0 amide bonds. The first kappa shape index (κ1) is 22.6. The van der Waals surface area contributed by atoms with E-state index in [1.54, 1.807) is 0 Å². The molecule has 4 N–H and O–H groups in total. The third-order valence-electron chi connectivity index (χ3n) is 4.18. The Balaban J connectivity index is 2.08. The quantitative estimate of drug-likeness (QED) is 0.392. The fraction of sp³-hybridized carbons (Fsp3) is 0.667. The maximum absolute atomic E-state index is 11.7. The molecule has 0 aromatic heterocycles. The van der Waals surface area contributed by atoms with Crippen LogP contribution in [-0.4, -0.2) is 30.3 Å². The van der Waals surface area contributed by atoms with Crippen LogP contribution in [0.1, 0.15) is 64.0 Å². The molecule has 5 nitrogen and oxygen atoms in total. The second-order valence-electron chi connectivity index (χ2n) is 8.11. The zero-order valence-corrected chi connectivity index (χ0v) is 16.6. The standard InChI is InChI=1S/C21H36N2O3/c1-21(2,3)11-6-4-5-10-20(25)26-16-19(24)15-23-14-18-9-7-8-17(12-18)13-22/h7-9,12,19,23-24H,4-6,10-11,13-16,22H2,1-3H3. The zero-order valence-electron chi connectivity index (χ0n) is 16.6. The molecule has 0 bridgehead atoms. The molecule has 1 rings (SSSR count). The lowest BCUT2D eigenvalue weighted by atomic mass is 9.89. The molecule has 0 aliphatic rings. The Hall–Kier alpha value is -1.43. The van der Waals surface area contributed by atoms with Gasteiger partial charge in [-0.3, -0.25) is 4.79 Å². The summed E-state index contributed by atoms with van der Waals surface area (Å²) < 4.78 is 5.15. The van der Waals surface area contributed by atoms with Gasteiger partial charge in [0.2, 0.25) is 0 Å². The first-order chi connectivity index (χ1) is 12.3. The van der Waals surface area contributed by atoms with E-state index in [2.05, 4.69) is 26.1 Å². The van der Waals surface area contributed by atoms with Crippen molar-refractivity contribution < 1.29 is 14.6 Å². The highest BCUT2D eigenvalue weighted by molar-refractivity contribution is 5.69. The summed E-state index contributed by atoms with van der Waals surface area (Å²) in [6.07, 6.45) is 3.92. The molecule has 0 fully saturated rings. The van der Waals surface area contributed by atoms with Crippen LogP contribution in [0.15, 0.2) is 24.3 Å². The van der Waals surface area contributed by atoms with E-state index in [1.807, 2.05) is 24.3 Å². The van der Waals surface area contributed by atoms with Gasteiger partial charge in [0.15, 0.2) is 0 Å². The van der Waals surface area contributed by atoms with Crippen molar-refractivity contribution in [1.29, 1.82) is 0 Å². The molecule has 1 aromatic carbocycles. The van der Waals surface area contributed by atoms with Gasteiger partial charge >= 0.3 is 5.97 Å². The number of hydrogen-bond donors (Lipinski definition) is 3. The fourth-order valence-corrected chi connectivity index (χ4v) is 2.67. The van der Waals surface area contributed by atoms with Crippen molar-refractivity contribution in [3.63, 3.8) is 0 Å². The predicted molar refractivity (Wildman–Crippen MR) is 106 cm³/mol. The van der Waals surface area contributed by atoms with Gasteiger partial charge in [0.1, 0.15) is 12.7 Å². The molecule has 0 saturated carbocycles. The summed E-state index contributed by atoms with van der Waals surface area (Å²) in [6.45, 7) is 8.26. The number of carbonyl (C=O) groups excluding carboxylic acids is 1. The zero-order chi connectivity index (χ0) is 19.4. The van der Waals surface area contributed by atoms with Crippen LogP contribution in [0.25, 0.3) is 0 Å². The third-order valence-corrected chi connectivity index (χ3v) is 4.18. The molecule has 0 spiro atoms. The summed E-state index contributed by atoms with van der Waals surface area (Å²) >= 11 is 0. The monoisotopic (exact) mass is 364 g/mol. The van der Waals surface area contributed by atoms with Crippen molar-refractivity contribution in [3.05, 3.63) is 35.4 Å². The van der Waals surface area contributed by atoms with Gasteiger partial charge in [0.25, 0.3) is 0 Å². The van der Waals surface area contributed by atoms with Crippen LogP contribution in [0.5, 0.6) is 0 Å². The summed E-state index contributed by atoms with van der Waals surface area (Å²) in [6, 6.07) is 8.01. The molecule has 1 unspecified atom stereocenters. The van der Waals surface area contributed by atoms with Crippen LogP contribution >= 0.6 is 0 Å². The van der Waals surface area contributed by atoms with Gasteiger partial charge in [-0.15, -0.1) is 0 Å². The number of aliphatic hydroxyl groups excluding tert-OH is 1. The maximum Gasteiger partial charge on any atom is 0.305 e. The van der Waals surface area contributed by atoms with E-state index < -0.39 is 6.10 Å². The molecule has 148 valence electrons. The van der Waals surface area contributed by atoms with Crippen LogP contribution in [-0.2, 0) is 22.6 Å². The molecule has 1 aromatic rings. The van der Waals surface area contributed by atoms with Gasteiger partial charge < -0.3 is 20.9 Å². The average molecular weight is 365 g/mol. The fourth-order valence-electron chi connectivity index (χ4n) is 2.67. The van der Waals surface area contributed by atoms with Gasteiger partial charge in [-0.2, -0.15) is 0 Å². The minimum Gasteiger partial charge on any atom is -0.463 e. The maximum atomic E-state index is 11.7. The Morgan fingerprint density at radius 1 is 1.23 bits per heavy atom. The molecular formula is C21H36N2O3. The molecule has 26 heavy (non-hydrogen) atoms. The van der Waals surface area contributed by atoms with Crippen LogP contribution in [0.4, 0.5) is 0 Å². The lowest BCUT2D eigenvalue weighted by Crippen LogP contribution is -2.31. The predicted octanol–water partition coefficient (Wildman–Crippen LogP) is 3.14. The Kier molecular flexibility index (Phi) is 10.5. The first-order valence-electron chi connectivity index (χ1n) is 9.62. The van der Waals surface area contributed by atoms with E-state index in [0.29, 0.717) is 31.5 Å². The van der Waals surface area contributed by atoms with Crippen molar-refractivity contribution >= 4 is 5.97 Å². The first-order valence-corrected chi connectivity index (χ1v) is 9.62. The average Bonchev–Trinajstić information content (AvgIpc) is 2.59. The number of nitrogens with two attached hydrogens (primary N) is 1. The SMILES string of the molecule is CC(C)(C)CCCCCC(=O)OCC(O)CNCc1cccc(CN)c1. The van der Waals surface area contributed by atoms with Crippen LogP contribution < -0.4 is 11.1 Å². The molecule has 0 radical (unpaired) electrons. The van der Waals surface area contributed by atoms with Gasteiger partial charge in [0, 0.05) is 26.1 Å². The highest BCUT2D eigenvalue weighted by Gasteiger charge is 2.11. The molecule has 0 aliphatic carbocycles. The Morgan fingerprint density at radius 3 is 2.65 bits per heavy atom. The highest BCUT2D eigenvalue weighted by Crippen LogP contribution is 2.22. The molecule has 5 heteroatoms. The van der Waals surface area contributed by atoms with Crippen molar-refractivity contribution in [3.8, 4) is 0 Å². The summed E-state index contributed by atoms with van der Waals surface area (Å²) in [5.74, 6) is -0.226. The number of hydrogen-bond acceptors (Lipinski definition) is 5. The lowest BCUT2D eigenvalue weighted by Gasteiger charge is -2.17. The molecule has 0 heterocycles. The summed E-state index contributed by atoms with van der Waals surface area (Å²) in [7, 11) is 0. The second kappa shape index (κ2) is 12.0. The van der Waals surface area contributed by atoms with Crippen LogP contribution in [0.3, 0.4) is 0 Å². The number of nitrogens with one attached hydrogen (secondary N) is 1.